The molecule has 1 unspecified atom stereocenters. The van der Waals surface area contributed by atoms with Gasteiger partial charge in [-0.15, -0.1) is 0 Å². The van der Waals surface area contributed by atoms with E-state index in [1.54, 1.807) is 6.08 Å². The Bertz CT molecular complexity index is 860. The summed E-state index contributed by atoms with van der Waals surface area (Å²) >= 11 is 0. The van der Waals surface area contributed by atoms with Crippen molar-refractivity contribution in [3.05, 3.63) is 11.6 Å². The second-order valence-corrected chi connectivity index (χ2v) is 12.9. The number of morpholine rings is 1. The van der Waals surface area contributed by atoms with Gasteiger partial charge in [0.25, 0.3) is 0 Å². The van der Waals surface area contributed by atoms with Gasteiger partial charge in [0.15, 0.2) is 0 Å². The Morgan fingerprint density at radius 1 is 1.09 bits per heavy atom. The predicted octanol–water partition coefficient (Wildman–Crippen LogP) is 3.31. The number of cyclic esters (lactones) is 1. The Kier molecular flexibility index (Phi) is 5.72. The molecule has 1 saturated heterocycles. The largest absolute Gasteiger partial charge is 0.458 e. The van der Waals surface area contributed by atoms with Crippen molar-refractivity contribution in [3.8, 4) is 0 Å². The van der Waals surface area contributed by atoms with Crippen LogP contribution in [-0.4, -0.2) is 71.7 Å². The highest BCUT2D eigenvalue weighted by Gasteiger charge is 2.67. The Morgan fingerprint density at radius 2 is 1.94 bits per heavy atom. The summed E-state index contributed by atoms with van der Waals surface area (Å²) in [7, 11) is 0. The van der Waals surface area contributed by atoms with Gasteiger partial charge in [-0.3, -0.25) is 4.90 Å². The number of esters is 1. The summed E-state index contributed by atoms with van der Waals surface area (Å²) in [4.78, 5) is 14.4. The van der Waals surface area contributed by atoms with Crippen molar-refractivity contribution >= 4 is 5.97 Å². The molecule has 0 bridgehead atoms. The third-order valence-electron chi connectivity index (χ3n) is 11.8. The van der Waals surface area contributed by atoms with Gasteiger partial charge in [-0.2, -0.15) is 0 Å². The van der Waals surface area contributed by atoms with Crippen LogP contribution < -0.4 is 0 Å². The van der Waals surface area contributed by atoms with Crippen molar-refractivity contribution in [1.29, 1.82) is 0 Å². The summed E-state index contributed by atoms with van der Waals surface area (Å²) in [5.74, 6) is 1.74. The molecule has 9 atom stereocenters. The van der Waals surface area contributed by atoms with Crippen LogP contribution in [0, 0.1) is 34.5 Å². The first-order valence-corrected chi connectivity index (χ1v) is 13.8. The summed E-state index contributed by atoms with van der Waals surface area (Å²) < 4.78 is 11.0. The molecule has 6 nitrogen and oxygen atoms in total. The quantitative estimate of drug-likeness (QED) is 0.613. The molecule has 5 fully saturated rings. The molecule has 4 aliphatic carbocycles. The zero-order chi connectivity index (χ0) is 23.7. The van der Waals surface area contributed by atoms with Crippen LogP contribution in [0.2, 0.25) is 0 Å². The van der Waals surface area contributed by atoms with Crippen LogP contribution >= 0.6 is 0 Å². The van der Waals surface area contributed by atoms with E-state index in [1.807, 2.05) is 0 Å². The lowest BCUT2D eigenvalue weighted by atomic mass is 9.43. The Labute approximate surface area is 204 Å². The summed E-state index contributed by atoms with van der Waals surface area (Å²) in [5, 5.41) is 22.0. The van der Waals surface area contributed by atoms with Crippen LogP contribution in [0.1, 0.15) is 71.6 Å². The molecular formula is C28H43NO5. The molecule has 190 valence electrons. The number of fused-ring (bicyclic) bond motifs is 5. The SMILES string of the molecule is C[C@]12CC[C@H](N3CCOC(CO)C3)C[C@H]1CC[C@@H]1[C@@H]2CC[C@]2(C)[C@@H](C3=CC(=O)OC3)CC[C@]12O. The molecule has 0 amide bonds. The van der Waals surface area contributed by atoms with Crippen molar-refractivity contribution in [3.63, 3.8) is 0 Å². The van der Waals surface area contributed by atoms with E-state index in [9.17, 15) is 15.0 Å². The van der Waals surface area contributed by atoms with Crippen LogP contribution in [-0.2, 0) is 14.3 Å². The summed E-state index contributed by atoms with van der Waals surface area (Å²) in [6.07, 6.45) is 11.8. The van der Waals surface area contributed by atoms with Gasteiger partial charge in [0.05, 0.1) is 24.9 Å². The van der Waals surface area contributed by atoms with Crippen molar-refractivity contribution in [1.82, 2.24) is 4.90 Å². The van der Waals surface area contributed by atoms with Gasteiger partial charge in [0, 0.05) is 30.6 Å². The van der Waals surface area contributed by atoms with Gasteiger partial charge in [-0.05, 0) is 92.4 Å². The number of hydrogen-bond donors (Lipinski definition) is 2. The van der Waals surface area contributed by atoms with Crippen LogP contribution in [0.25, 0.3) is 0 Å². The number of ether oxygens (including phenoxy) is 2. The van der Waals surface area contributed by atoms with Gasteiger partial charge < -0.3 is 19.7 Å². The molecule has 6 rings (SSSR count). The number of carbonyl (C=O) groups excluding carboxylic acids is 1. The Balaban J connectivity index is 1.20. The molecule has 34 heavy (non-hydrogen) atoms. The summed E-state index contributed by atoms with van der Waals surface area (Å²) in [6, 6.07) is 0.604. The van der Waals surface area contributed by atoms with Gasteiger partial charge in [0.2, 0.25) is 0 Å². The maximum absolute atomic E-state index is 12.4. The van der Waals surface area contributed by atoms with Crippen LogP contribution in [0.15, 0.2) is 11.6 Å². The molecule has 2 aliphatic heterocycles. The predicted molar refractivity (Wildman–Crippen MR) is 128 cm³/mol. The van der Waals surface area contributed by atoms with E-state index < -0.39 is 5.60 Å². The Morgan fingerprint density at radius 3 is 2.71 bits per heavy atom. The first-order valence-electron chi connectivity index (χ1n) is 13.8. The van der Waals surface area contributed by atoms with E-state index >= 15 is 0 Å². The van der Waals surface area contributed by atoms with Crippen LogP contribution in [0.3, 0.4) is 0 Å². The second kappa shape index (κ2) is 8.29. The smallest absolute Gasteiger partial charge is 0.331 e. The van der Waals surface area contributed by atoms with E-state index in [-0.39, 0.29) is 30.0 Å². The van der Waals surface area contributed by atoms with Crippen LogP contribution in [0.4, 0.5) is 0 Å². The van der Waals surface area contributed by atoms with Crippen molar-refractivity contribution in [2.45, 2.75) is 89.4 Å². The van der Waals surface area contributed by atoms with E-state index in [4.69, 9.17) is 9.47 Å². The highest BCUT2D eigenvalue weighted by Crippen LogP contribution is 2.70. The highest BCUT2D eigenvalue weighted by atomic mass is 16.5. The molecule has 2 N–H and O–H groups in total. The second-order valence-electron chi connectivity index (χ2n) is 12.9. The molecular weight excluding hydrogens is 430 g/mol. The molecule has 4 saturated carbocycles. The van der Waals surface area contributed by atoms with Crippen molar-refractivity contribution in [2.75, 3.05) is 32.9 Å². The van der Waals surface area contributed by atoms with Gasteiger partial charge in [-0.1, -0.05) is 13.8 Å². The number of carbonyl (C=O) groups is 1. The fourth-order valence-electron chi connectivity index (χ4n) is 9.90. The topological polar surface area (TPSA) is 79.2 Å². The molecule has 0 spiro atoms. The number of rotatable bonds is 3. The molecule has 0 aromatic rings. The molecule has 6 aliphatic rings. The van der Waals surface area contributed by atoms with Crippen LogP contribution in [0.5, 0.6) is 0 Å². The third-order valence-corrected chi connectivity index (χ3v) is 11.8. The number of hydrogen-bond acceptors (Lipinski definition) is 6. The number of nitrogens with zero attached hydrogens (tertiary/aromatic N) is 1. The lowest BCUT2D eigenvalue weighted by Crippen LogP contribution is -2.63. The Hall–Kier alpha value is -0.950. The van der Waals surface area contributed by atoms with E-state index in [1.165, 1.54) is 32.1 Å². The molecule has 2 heterocycles. The van der Waals surface area contributed by atoms with Gasteiger partial charge in [0.1, 0.15) is 6.61 Å². The van der Waals surface area contributed by atoms with Gasteiger partial charge in [-0.25, -0.2) is 4.79 Å². The van der Waals surface area contributed by atoms with E-state index in [0.717, 1.165) is 56.9 Å². The third kappa shape index (κ3) is 3.31. The maximum Gasteiger partial charge on any atom is 0.331 e. The molecule has 0 aromatic heterocycles. The number of aliphatic hydroxyl groups excluding tert-OH is 1. The van der Waals surface area contributed by atoms with Crippen molar-refractivity contribution in [2.24, 2.45) is 34.5 Å². The number of aliphatic hydroxyl groups is 2. The maximum atomic E-state index is 12.4. The minimum Gasteiger partial charge on any atom is -0.458 e. The van der Waals surface area contributed by atoms with E-state index in [0.29, 0.717) is 29.9 Å². The summed E-state index contributed by atoms with van der Waals surface area (Å²) in [5.41, 5.74) is 0.648. The summed E-state index contributed by atoms with van der Waals surface area (Å²) in [6.45, 7) is 7.97. The first kappa shape index (κ1) is 23.4. The minimum absolute atomic E-state index is 0.0333. The lowest BCUT2D eigenvalue weighted by molar-refractivity contribution is -0.207. The molecule has 0 aromatic carbocycles. The zero-order valence-electron chi connectivity index (χ0n) is 21.0. The van der Waals surface area contributed by atoms with E-state index in [2.05, 4.69) is 18.7 Å². The van der Waals surface area contributed by atoms with Crippen molar-refractivity contribution < 1.29 is 24.5 Å². The molecule has 6 heteroatoms. The highest BCUT2D eigenvalue weighted by molar-refractivity contribution is 5.85. The normalized spacial score (nSPS) is 51.3. The first-order chi connectivity index (χ1) is 16.3. The monoisotopic (exact) mass is 473 g/mol. The standard InChI is InChI=1S/C28H43NO5/c1-26-8-5-20(29-11-12-33-21(15-29)16-30)14-19(26)3-4-24-23(26)6-9-27(2)22(7-10-28(24,27)32)18-13-25(31)34-17-18/h13,19-24,30,32H,3-12,14-17H2,1-2H3/t19-,20+,21?,22-,23+,24-,26+,27-,28+/m1/s1. The van der Waals surface area contributed by atoms with Gasteiger partial charge >= 0.3 is 5.97 Å². The average Bonchev–Trinajstić information content (AvgIpc) is 3.38. The minimum atomic E-state index is -0.629. The zero-order valence-corrected chi connectivity index (χ0v) is 21.0. The fraction of sp³-hybridized carbons (Fsp3) is 0.893. The average molecular weight is 474 g/mol. The fourth-order valence-corrected chi connectivity index (χ4v) is 9.90. The lowest BCUT2D eigenvalue weighted by Gasteiger charge is -2.64. The molecule has 0 radical (unpaired) electrons.